The van der Waals surface area contributed by atoms with Gasteiger partial charge in [0.05, 0.1) is 17.2 Å². The average molecular weight is 365 g/mol. The first-order chi connectivity index (χ1) is 11.6. The summed E-state index contributed by atoms with van der Waals surface area (Å²) in [4.78, 5) is 28.2. The molecule has 2 N–H and O–H groups in total. The van der Waals surface area contributed by atoms with E-state index in [9.17, 15) is 9.59 Å². The summed E-state index contributed by atoms with van der Waals surface area (Å²) in [5.41, 5.74) is 0.889. The van der Waals surface area contributed by atoms with Crippen LogP contribution in [0.3, 0.4) is 0 Å². The summed E-state index contributed by atoms with van der Waals surface area (Å²) >= 11 is 3.01. The molecule has 128 valence electrons. The van der Waals surface area contributed by atoms with Crippen molar-refractivity contribution < 1.29 is 9.59 Å². The van der Waals surface area contributed by atoms with E-state index in [0.29, 0.717) is 17.6 Å². The van der Waals surface area contributed by atoms with Crippen LogP contribution < -0.4 is 10.6 Å². The quantitative estimate of drug-likeness (QED) is 0.749. The van der Waals surface area contributed by atoms with Gasteiger partial charge in [-0.1, -0.05) is 18.3 Å². The number of aryl methyl sites for hydroxylation is 1. The molecule has 0 aliphatic heterocycles. The van der Waals surface area contributed by atoms with Gasteiger partial charge >= 0.3 is 0 Å². The summed E-state index contributed by atoms with van der Waals surface area (Å²) in [5, 5.41) is 17.8. The van der Waals surface area contributed by atoms with Gasteiger partial charge in [-0.3, -0.25) is 9.59 Å². The van der Waals surface area contributed by atoms with Crippen molar-refractivity contribution in [1.82, 2.24) is 20.5 Å². The van der Waals surface area contributed by atoms with Crippen LogP contribution in [-0.4, -0.2) is 27.0 Å². The zero-order chi connectivity index (χ0) is 16.9. The molecule has 2 amide bonds. The molecule has 0 bridgehead atoms. The van der Waals surface area contributed by atoms with Crippen LogP contribution in [0.2, 0.25) is 0 Å². The van der Waals surface area contributed by atoms with Crippen LogP contribution in [0, 0.1) is 0 Å². The molecule has 1 aliphatic rings. The lowest BCUT2D eigenvalue weighted by Gasteiger charge is -2.03. The molecule has 9 heteroatoms. The molecule has 24 heavy (non-hydrogen) atoms. The summed E-state index contributed by atoms with van der Waals surface area (Å²) in [6, 6.07) is 0. The number of anilines is 1. The molecule has 7 nitrogen and oxygen atoms in total. The largest absolute Gasteiger partial charge is 0.350 e. The molecule has 0 atom stereocenters. The van der Waals surface area contributed by atoms with Crippen LogP contribution in [0.5, 0.6) is 0 Å². The van der Waals surface area contributed by atoms with Gasteiger partial charge in [-0.15, -0.1) is 21.5 Å². The summed E-state index contributed by atoms with van der Waals surface area (Å²) in [6.07, 6.45) is 3.50. The van der Waals surface area contributed by atoms with E-state index in [1.807, 2.05) is 12.3 Å². The Balaban J connectivity index is 1.35. The molecule has 2 aromatic heterocycles. The van der Waals surface area contributed by atoms with Gasteiger partial charge in [0.2, 0.25) is 16.9 Å². The van der Waals surface area contributed by atoms with E-state index in [4.69, 9.17) is 0 Å². The molecule has 0 radical (unpaired) electrons. The molecule has 2 heterocycles. The fourth-order valence-electron chi connectivity index (χ4n) is 2.05. The molecule has 0 spiro atoms. The second-order valence-corrected chi connectivity index (χ2v) is 7.58. The van der Waals surface area contributed by atoms with Crippen molar-refractivity contribution in [2.75, 3.05) is 5.32 Å². The Kier molecular flexibility index (Phi) is 5.52. The first-order valence-corrected chi connectivity index (χ1v) is 9.67. The van der Waals surface area contributed by atoms with Crippen LogP contribution in [0.4, 0.5) is 5.13 Å². The Morgan fingerprint density at radius 2 is 2.04 bits per heavy atom. The standard InChI is InChI=1S/C15H19N5O2S2/c1-2-13-19-20-15(24-13)18-12(22)6-5-11(21)16-7-10-8-23-14(17-10)9-3-4-9/h8-9H,2-7H2,1H3,(H,16,21)(H,18,20,22). The van der Waals surface area contributed by atoms with Crippen molar-refractivity contribution in [3.63, 3.8) is 0 Å². The lowest BCUT2D eigenvalue weighted by molar-refractivity contribution is -0.124. The third-order valence-corrected chi connectivity index (χ3v) is 5.60. The fourth-order valence-corrected chi connectivity index (χ4v) is 3.74. The van der Waals surface area contributed by atoms with E-state index in [0.717, 1.165) is 17.1 Å². The Morgan fingerprint density at radius 1 is 1.25 bits per heavy atom. The monoisotopic (exact) mass is 365 g/mol. The van der Waals surface area contributed by atoms with Crippen molar-refractivity contribution in [2.24, 2.45) is 0 Å². The van der Waals surface area contributed by atoms with Gasteiger partial charge in [-0.25, -0.2) is 4.98 Å². The summed E-state index contributed by atoms with van der Waals surface area (Å²) in [6.45, 7) is 2.40. The molecule has 0 saturated heterocycles. The van der Waals surface area contributed by atoms with Crippen molar-refractivity contribution in [3.05, 3.63) is 21.1 Å². The van der Waals surface area contributed by atoms with Gasteiger partial charge in [0.25, 0.3) is 0 Å². The zero-order valence-electron chi connectivity index (χ0n) is 13.4. The van der Waals surface area contributed by atoms with Crippen LogP contribution in [-0.2, 0) is 22.6 Å². The number of nitrogens with zero attached hydrogens (tertiary/aromatic N) is 3. The normalized spacial score (nSPS) is 13.7. The highest BCUT2D eigenvalue weighted by molar-refractivity contribution is 7.15. The summed E-state index contributed by atoms with van der Waals surface area (Å²) in [7, 11) is 0. The van der Waals surface area contributed by atoms with Crippen molar-refractivity contribution in [3.8, 4) is 0 Å². The number of hydrogen-bond donors (Lipinski definition) is 2. The summed E-state index contributed by atoms with van der Waals surface area (Å²) in [5.74, 6) is 0.253. The number of carbonyl (C=O) groups excluding carboxylic acids is 2. The molecule has 0 unspecified atom stereocenters. The van der Waals surface area contributed by atoms with Gasteiger partial charge < -0.3 is 10.6 Å². The highest BCUT2D eigenvalue weighted by atomic mass is 32.1. The van der Waals surface area contributed by atoms with E-state index in [2.05, 4.69) is 25.8 Å². The number of thiazole rings is 1. The van der Waals surface area contributed by atoms with Gasteiger partial charge in [-0.05, 0) is 19.3 Å². The first-order valence-electron chi connectivity index (χ1n) is 7.97. The van der Waals surface area contributed by atoms with Gasteiger partial charge in [0.1, 0.15) is 5.01 Å². The first kappa shape index (κ1) is 17.0. The van der Waals surface area contributed by atoms with E-state index in [-0.39, 0.29) is 24.7 Å². The van der Waals surface area contributed by atoms with E-state index >= 15 is 0 Å². The minimum atomic E-state index is -0.228. The number of aromatic nitrogens is 3. The molecular formula is C15H19N5O2S2. The maximum atomic E-state index is 11.8. The van der Waals surface area contributed by atoms with Crippen LogP contribution in [0.25, 0.3) is 0 Å². The molecule has 0 aromatic carbocycles. The van der Waals surface area contributed by atoms with Crippen LogP contribution in [0.15, 0.2) is 5.38 Å². The van der Waals surface area contributed by atoms with Crippen molar-refractivity contribution in [2.45, 2.75) is 51.5 Å². The zero-order valence-corrected chi connectivity index (χ0v) is 15.0. The Bertz CT molecular complexity index is 723. The molecular weight excluding hydrogens is 346 g/mol. The number of nitrogens with one attached hydrogen (secondary N) is 2. The van der Waals surface area contributed by atoms with Gasteiger partial charge in [0.15, 0.2) is 0 Å². The van der Waals surface area contributed by atoms with Gasteiger partial charge in [-0.2, -0.15) is 0 Å². The van der Waals surface area contributed by atoms with Gasteiger partial charge in [0, 0.05) is 24.1 Å². The summed E-state index contributed by atoms with van der Waals surface area (Å²) < 4.78 is 0. The third-order valence-electron chi connectivity index (χ3n) is 3.56. The maximum absolute atomic E-state index is 11.8. The second-order valence-electron chi connectivity index (χ2n) is 5.63. The highest BCUT2D eigenvalue weighted by Crippen LogP contribution is 2.41. The molecule has 3 rings (SSSR count). The molecule has 1 fully saturated rings. The number of carbonyl (C=O) groups is 2. The maximum Gasteiger partial charge on any atom is 0.226 e. The number of hydrogen-bond acceptors (Lipinski definition) is 7. The SMILES string of the molecule is CCc1nnc(NC(=O)CCC(=O)NCc2csc(C3CC3)n2)s1. The lowest BCUT2D eigenvalue weighted by atomic mass is 10.3. The second kappa shape index (κ2) is 7.80. The predicted molar refractivity (Wildman–Crippen MR) is 93.1 cm³/mol. The lowest BCUT2D eigenvalue weighted by Crippen LogP contribution is -2.24. The Hall–Kier alpha value is -1.87. The van der Waals surface area contributed by atoms with Crippen LogP contribution in [0.1, 0.15) is 54.2 Å². The molecule has 1 aliphatic carbocycles. The third kappa shape index (κ3) is 4.81. The fraction of sp³-hybridized carbons (Fsp3) is 0.533. The smallest absolute Gasteiger partial charge is 0.226 e. The highest BCUT2D eigenvalue weighted by Gasteiger charge is 2.26. The minimum Gasteiger partial charge on any atom is -0.350 e. The molecule has 1 saturated carbocycles. The number of amides is 2. The van der Waals surface area contributed by atoms with Crippen LogP contribution >= 0.6 is 22.7 Å². The van der Waals surface area contributed by atoms with E-state index in [1.165, 1.54) is 29.2 Å². The van der Waals surface area contributed by atoms with E-state index in [1.54, 1.807) is 11.3 Å². The molecule has 2 aromatic rings. The minimum absolute atomic E-state index is 0.122. The van der Waals surface area contributed by atoms with Crippen molar-refractivity contribution in [1.29, 1.82) is 0 Å². The topological polar surface area (TPSA) is 96.9 Å². The predicted octanol–water partition coefficient (Wildman–Crippen LogP) is 2.47. The Morgan fingerprint density at radius 3 is 2.75 bits per heavy atom. The number of rotatable bonds is 8. The average Bonchev–Trinajstić information content (AvgIpc) is 3.15. The van der Waals surface area contributed by atoms with Crippen molar-refractivity contribution >= 4 is 39.6 Å². The Labute approximate surface area is 147 Å². The van der Waals surface area contributed by atoms with E-state index < -0.39 is 0 Å².